The zero-order valence-electron chi connectivity index (χ0n) is 10.3. The molecule has 0 N–H and O–H groups in total. The second-order valence-electron chi connectivity index (χ2n) is 4.89. The molecule has 0 unspecified atom stereocenters. The molecule has 2 heterocycles. The van der Waals surface area contributed by atoms with Crippen molar-refractivity contribution >= 4 is 0 Å². The third-order valence-electron chi connectivity index (χ3n) is 3.13. The molecular weight excluding hydrogens is 198 g/mol. The second-order valence-corrected chi connectivity index (χ2v) is 4.89. The molecule has 2 rings (SSSR count). The first kappa shape index (κ1) is 11.5. The molecule has 1 aliphatic heterocycles. The topological polar surface area (TPSA) is 29.0 Å². The molecule has 0 spiro atoms. The SMILES string of the molecule is CC(C)c1ccnc(CN2CCCCC2)n1. The Kier molecular flexibility index (Phi) is 3.88. The van der Waals surface area contributed by atoms with Gasteiger partial charge in [0.2, 0.25) is 0 Å². The van der Waals surface area contributed by atoms with Crippen molar-refractivity contribution in [3.63, 3.8) is 0 Å². The van der Waals surface area contributed by atoms with Gasteiger partial charge in [-0.2, -0.15) is 0 Å². The Labute approximate surface area is 97.9 Å². The number of nitrogens with zero attached hydrogens (tertiary/aromatic N) is 3. The number of rotatable bonds is 3. The summed E-state index contributed by atoms with van der Waals surface area (Å²) < 4.78 is 0. The van der Waals surface area contributed by atoms with Gasteiger partial charge in [-0.1, -0.05) is 20.3 Å². The van der Waals surface area contributed by atoms with Crippen LogP contribution >= 0.6 is 0 Å². The lowest BCUT2D eigenvalue weighted by molar-refractivity contribution is 0.215. The van der Waals surface area contributed by atoms with Gasteiger partial charge in [-0.15, -0.1) is 0 Å². The Morgan fingerprint density at radius 1 is 1.25 bits per heavy atom. The lowest BCUT2D eigenvalue weighted by Gasteiger charge is -2.25. The average molecular weight is 219 g/mol. The van der Waals surface area contributed by atoms with Gasteiger partial charge in [0.25, 0.3) is 0 Å². The molecule has 1 aromatic rings. The minimum atomic E-state index is 0.489. The number of hydrogen-bond acceptors (Lipinski definition) is 3. The van der Waals surface area contributed by atoms with E-state index in [1.165, 1.54) is 32.4 Å². The summed E-state index contributed by atoms with van der Waals surface area (Å²) in [5.74, 6) is 1.47. The largest absolute Gasteiger partial charge is 0.296 e. The zero-order chi connectivity index (χ0) is 11.4. The van der Waals surface area contributed by atoms with Crippen LogP contribution < -0.4 is 0 Å². The van der Waals surface area contributed by atoms with Crippen molar-refractivity contribution in [2.75, 3.05) is 13.1 Å². The molecule has 0 aliphatic carbocycles. The molecule has 1 aliphatic rings. The first-order valence-electron chi connectivity index (χ1n) is 6.30. The van der Waals surface area contributed by atoms with Gasteiger partial charge in [0.05, 0.1) is 6.54 Å². The van der Waals surface area contributed by atoms with E-state index in [1.807, 2.05) is 12.3 Å². The molecule has 0 aromatic carbocycles. The lowest BCUT2D eigenvalue weighted by atomic mass is 10.1. The minimum absolute atomic E-state index is 0.489. The van der Waals surface area contributed by atoms with Gasteiger partial charge in [-0.05, 0) is 37.9 Å². The predicted molar refractivity (Wildman–Crippen MR) is 65.2 cm³/mol. The van der Waals surface area contributed by atoms with E-state index >= 15 is 0 Å². The minimum Gasteiger partial charge on any atom is -0.296 e. The molecule has 0 amide bonds. The summed E-state index contributed by atoms with van der Waals surface area (Å²) in [5, 5.41) is 0. The lowest BCUT2D eigenvalue weighted by Crippen LogP contribution is -2.30. The van der Waals surface area contributed by atoms with Crippen LogP contribution in [0.25, 0.3) is 0 Å². The zero-order valence-corrected chi connectivity index (χ0v) is 10.3. The maximum absolute atomic E-state index is 4.61. The molecule has 1 fully saturated rings. The van der Waals surface area contributed by atoms with E-state index in [-0.39, 0.29) is 0 Å². The van der Waals surface area contributed by atoms with E-state index in [2.05, 4.69) is 28.7 Å². The summed E-state index contributed by atoms with van der Waals surface area (Å²) in [6.07, 6.45) is 5.92. The fourth-order valence-electron chi connectivity index (χ4n) is 2.13. The van der Waals surface area contributed by atoms with E-state index in [0.29, 0.717) is 5.92 Å². The third kappa shape index (κ3) is 3.01. The van der Waals surface area contributed by atoms with Crippen molar-refractivity contribution in [3.05, 3.63) is 23.8 Å². The number of aromatic nitrogens is 2. The number of piperidine rings is 1. The fraction of sp³-hybridized carbons (Fsp3) is 0.692. The Hall–Kier alpha value is -0.960. The highest BCUT2D eigenvalue weighted by atomic mass is 15.1. The van der Waals surface area contributed by atoms with Crippen LogP contribution in [0.15, 0.2) is 12.3 Å². The fourth-order valence-corrected chi connectivity index (χ4v) is 2.13. The molecule has 0 radical (unpaired) electrons. The standard InChI is InChI=1S/C13H21N3/c1-11(2)12-6-7-14-13(15-12)10-16-8-4-3-5-9-16/h6-7,11H,3-5,8-10H2,1-2H3. The summed E-state index contributed by atoms with van der Waals surface area (Å²) in [5.41, 5.74) is 1.15. The van der Waals surface area contributed by atoms with Gasteiger partial charge in [-0.3, -0.25) is 4.90 Å². The van der Waals surface area contributed by atoms with Gasteiger partial charge in [-0.25, -0.2) is 9.97 Å². The van der Waals surface area contributed by atoms with Crippen LogP contribution in [0.3, 0.4) is 0 Å². The van der Waals surface area contributed by atoms with Crippen molar-refractivity contribution in [3.8, 4) is 0 Å². The van der Waals surface area contributed by atoms with E-state index in [1.54, 1.807) is 0 Å². The van der Waals surface area contributed by atoms with Crippen LogP contribution in [0.1, 0.15) is 50.5 Å². The molecule has 3 heteroatoms. The average Bonchev–Trinajstić information content (AvgIpc) is 2.30. The number of likely N-dealkylation sites (tertiary alicyclic amines) is 1. The summed E-state index contributed by atoms with van der Waals surface area (Å²) in [6.45, 7) is 7.67. The van der Waals surface area contributed by atoms with Gasteiger partial charge >= 0.3 is 0 Å². The Bertz CT molecular complexity index is 330. The molecule has 3 nitrogen and oxygen atoms in total. The van der Waals surface area contributed by atoms with Gasteiger partial charge in [0.15, 0.2) is 0 Å². The molecule has 0 saturated carbocycles. The Morgan fingerprint density at radius 3 is 2.69 bits per heavy atom. The van der Waals surface area contributed by atoms with Crippen molar-refractivity contribution in [1.82, 2.24) is 14.9 Å². The summed E-state index contributed by atoms with van der Waals surface area (Å²) in [4.78, 5) is 11.4. The highest BCUT2D eigenvalue weighted by molar-refractivity contribution is 5.06. The van der Waals surface area contributed by atoms with Gasteiger partial charge < -0.3 is 0 Å². The smallest absolute Gasteiger partial charge is 0.142 e. The van der Waals surface area contributed by atoms with Gasteiger partial charge in [0, 0.05) is 11.9 Å². The van der Waals surface area contributed by atoms with Gasteiger partial charge in [0.1, 0.15) is 5.82 Å². The Morgan fingerprint density at radius 2 is 2.00 bits per heavy atom. The highest BCUT2D eigenvalue weighted by Crippen LogP contribution is 2.13. The molecule has 0 atom stereocenters. The van der Waals surface area contributed by atoms with Crippen molar-refractivity contribution in [1.29, 1.82) is 0 Å². The molecular formula is C13H21N3. The van der Waals surface area contributed by atoms with Crippen LogP contribution in [0.2, 0.25) is 0 Å². The molecule has 0 bridgehead atoms. The van der Waals surface area contributed by atoms with E-state index in [9.17, 15) is 0 Å². The highest BCUT2D eigenvalue weighted by Gasteiger charge is 2.12. The molecule has 1 saturated heterocycles. The first-order chi connectivity index (χ1) is 7.75. The second kappa shape index (κ2) is 5.39. The first-order valence-corrected chi connectivity index (χ1v) is 6.30. The van der Waals surface area contributed by atoms with Crippen LogP contribution in [-0.4, -0.2) is 28.0 Å². The molecule has 16 heavy (non-hydrogen) atoms. The summed E-state index contributed by atoms with van der Waals surface area (Å²) in [6, 6.07) is 2.02. The third-order valence-corrected chi connectivity index (χ3v) is 3.13. The maximum Gasteiger partial charge on any atom is 0.142 e. The summed E-state index contributed by atoms with van der Waals surface area (Å²) in [7, 11) is 0. The maximum atomic E-state index is 4.61. The normalized spacial score (nSPS) is 17.9. The van der Waals surface area contributed by atoms with Crippen molar-refractivity contribution < 1.29 is 0 Å². The molecule has 88 valence electrons. The van der Waals surface area contributed by atoms with Crippen molar-refractivity contribution in [2.45, 2.75) is 45.6 Å². The summed E-state index contributed by atoms with van der Waals surface area (Å²) >= 11 is 0. The van der Waals surface area contributed by atoms with Crippen LogP contribution in [-0.2, 0) is 6.54 Å². The van der Waals surface area contributed by atoms with E-state index in [0.717, 1.165) is 18.1 Å². The van der Waals surface area contributed by atoms with Crippen molar-refractivity contribution in [2.24, 2.45) is 0 Å². The van der Waals surface area contributed by atoms with E-state index < -0.39 is 0 Å². The van der Waals surface area contributed by atoms with Crippen LogP contribution in [0.4, 0.5) is 0 Å². The van der Waals surface area contributed by atoms with E-state index in [4.69, 9.17) is 0 Å². The predicted octanol–water partition coefficient (Wildman–Crippen LogP) is 2.59. The number of hydrogen-bond donors (Lipinski definition) is 0. The van der Waals surface area contributed by atoms with Crippen LogP contribution in [0, 0.1) is 0 Å². The quantitative estimate of drug-likeness (QED) is 0.782. The van der Waals surface area contributed by atoms with Crippen LogP contribution in [0.5, 0.6) is 0 Å². The monoisotopic (exact) mass is 219 g/mol. The Balaban J connectivity index is 2.00. The molecule has 1 aromatic heterocycles.